The van der Waals surface area contributed by atoms with Crippen molar-refractivity contribution in [2.75, 3.05) is 5.32 Å². The fourth-order valence-corrected chi connectivity index (χ4v) is 3.03. The van der Waals surface area contributed by atoms with Crippen LogP contribution in [0.5, 0.6) is 0 Å². The second-order valence-corrected chi connectivity index (χ2v) is 5.53. The SMILES string of the molecule is CCc1nn(C)cc1NC1CCc2cc(Cl)ccc21. The van der Waals surface area contributed by atoms with Crippen LogP contribution in [0.1, 0.15) is 36.2 Å². The lowest BCUT2D eigenvalue weighted by molar-refractivity contribution is 0.746. The molecule has 0 saturated heterocycles. The number of nitrogens with one attached hydrogen (secondary N) is 1. The largest absolute Gasteiger partial charge is 0.375 e. The summed E-state index contributed by atoms with van der Waals surface area (Å²) in [6.07, 6.45) is 5.22. The summed E-state index contributed by atoms with van der Waals surface area (Å²) in [4.78, 5) is 0. The van der Waals surface area contributed by atoms with Gasteiger partial charge in [0, 0.05) is 18.3 Å². The van der Waals surface area contributed by atoms with Crippen LogP contribution >= 0.6 is 11.6 Å². The standard InChI is InChI=1S/C15H18ClN3/c1-3-13-15(9-19(2)18-13)17-14-7-4-10-8-11(16)5-6-12(10)14/h5-6,8-9,14,17H,3-4,7H2,1-2H3. The van der Waals surface area contributed by atoms with Crippen LogP contribution in [0.2, 0.25) is 5.02 Å². The highest BCUT2D eigenvalue weighted by Gasteiger charge is 2.23. The second-order valence-electron chi connectivity index (χ2n) is 5.10. The van der Waals surface area contributed by atoms with Gasteiger partial charge >= 0.3 is 0 Å². The van der Waals surface area contributed by atoms with Crippen LogP contribution in [0.15, 0.2) is 24.4 Å². The predicted molar refractivity (Wildman–Crippen MR) is 78.7 cm³/mol. The lowest BCUT2D eigenvalue weighted by Crippen LogP contribution is -2.07. The number of aryl methyl sites for hydroxylation is 3. The smallest absolute Gasteiger partial charge is 0.0853 e. The Kier molecular flexibility index (Phi) is 3.23. The Morgan fingerprint density at radius 2 is 2.32 bits per heavy atom. The minimum Gasteiger partial charge on any atom is -0.375 e. The van der Waals surface area contributed by atoms with Crippen molar-refractivity contribution in [1.82, 2.24) is 9.78 Å². The van der Waals surface area contributed by atoms with Gasteiger partial charge in [0.2, 0.25) is 0 Å². The Morgan fingerprint density at radius 3 is 3.11 bits per heavy atom. The van der Waals surface area contributed by atoms with E-state index in [9.17, 15) is 0 Å². The van der Waals surface area contributed by atoms with Gasteiger partial charge < -0.3 is 5.32 Å². The lowest BCUT2D eigenvalue weighted by atomic mass is 10.1. The van der Waals surface area contributed by atoms with Gasteiger partial charge in [-0.2, -0.15) is 5.10 Å². The first kappa shape index (κ1) is 12.5. The summed E-state index contributed by atoms with van der Waals surface area (Å²) >= 11 is 6.05. The number of rotatable bonds is 3. The normalized spacial score (nSPS) is 17.5. The molecule has 1 aliphatic rings. The Balaban J connectivity index is 1.86. The average Bonchev–Trinajstić information content (AvgIpc) is 2.93. The maximum atomic E-state index is 6.05. The van der Waals surface area contributed by atoms with Crippen molar-refractivity contribution in [2.45, 2.75) is 32.2 Å². The molecule has 0 spiro atoms. The Hall–Kier alpha value is -1.48. The summed E-state index contributed by atoms with van der Waals surface area (Å²) < 4.78 is 1.87. The van der Waals surface area contributed by atoms with Crippen LogP contribution in [-0.2, 0) is 19.9 Å². The quantitative estimate of drug-likeness (QED) is 0.925. The fourth-order valence-electron chi connectivity index (χ4n) is 2.84. The van der Waals surface area contributed by atoms with E-state index in [1.54, 1.807) is 0 Å². The van der Waals surface area contributed by atoms with E-state index in [2.05, 4.69) is 35.7 Å². The molecule has 0 saturated carbocycles. The lowest BCUT2D eigenvalue weighted by Gasteiger charge is -2.15. The average molecular weight is 276 g/mol. The van der Waals surface area contributed by atoms with E-state index in [4.69, 9.17) is 11.6 Å². The number of nitrogens with zero attached hydrogens (tertiary/aromatic N) is 2. The van der Waals surface area contributed by atoms with Crippen molar-refractivity contribution >= 4 is 17.3 Å². The first-order chi connectivity index (χ1) is 9.17. The molecule has 2 aromatic rings. The number of benzene rings is 1. The molecule has 1 unspecified atom stereocenters. The number of fused-ring (bicyclic) bond motifs is 1. The van der Waals surface area contributed by atoms with Gasteiger partial charge in [-0.3, -0.25) is 4.68 Å². The molecule has 1 heterocycles. The Bertz CT molecular complexity index is 603. The predicted octanol–water partition coefficient (Wildman–Crippen LogP) is 3.74. The molecule has 0 amide bonds. The minimum atomic E-state index is 0.377. The Morgan fingerprint density at radius 1 is 1.47 bits per heavy atom. The van der Waals surface area contributed by atoms with Gasteiger partial charge in [0.25, 0.3) is 0 Å². The van der Waals surface area contributed by atoms with Gasteiger partial charge in [-0.25, -0.2) is 0 Å². The molecule has 1 aromatic carbocycles. The van der Waals surface area contributed by atoms with Gasteiger partial charge in [0.05, 0.1) is 17.4 Å². The summed E-state index contributed by atoms with van der Waals surface area (Å²) in [5.41, 5.74) is 5.02. The number of halogens is 1. The van der Waals surface area contributed by atoms with Crippen LogP contribution in [-0.4, -0.2) is 9.78 Å². The molecule has 1 aromatic heterocycles. The highest BCUT2D eigenvalue weighted by Crippen LogP contribution is 2.35. The van der Waals surface area contributed by atoms with Crippen molar-refractivity contribution in [3.8, 4) is 0 Å². The summed E-state index contributed by atoms with van der Waals surface area (Å²) in [6, 6.07) is 6.58. The molecule has 19 heavy (non-hydrogen) atoms. The molecular weight excluding hydrogens is 258 g/mol. The van der Waals surface area contributed by atoms with Gasteiger partial charge in [-0.1, -0.05) is 24.6 Å². The zero-order chi connectivity index (χ0) is 13.4. The summed E-state index contributed by atoms with van der Waals surface area (Å²) in [7, 11) is 1.96. The molecular formula is C15H18ClN3. The highest BCUT2D eigenvalue weighted by atomic mass is 35.5. The van der Waals surface area contributed by atoms with Crippen LogP contribution < -0.4 is 5.32 Å². The molecule has 3 rings (SSSR count). The summed E-state index contributed by atoms with van der Waals surface area (Å²) in [6.45, 7) is 2.13. The maximum absolute atomic E-state index is 6.05. The Labute approximate surface area is 118 Å². The van der Waals surface area contributed by atoms with E-state index in [0.29, 0.717) is 6.04 Å². The van der Waals surface area contributed by atoms with Crippen LogP contribution in [0.25, 0.3) is 0 Å². The van der Waals surface area contributed by atoms with Gasteiger partial charge in [-0.05, 0) is 42.5 Å². The van der Waals surface area contributed by atoms with Gasteiger partial charge in [-0.15, -0.1) is 0 Å². The highest BCUT2D eigenvalue weighted by molar-refractivity contribution is 6.30. The molecule has 0 fully saturated rings. The van der Waals surface area contributed by atoms with Crippen molar-refractivity contribution < 1.29 is 0 Å². The molecule has 100 valence electrons. The van der Waals surface area contributed by atoms with Crippen molar-refractivity contribution in [3.63, 3.8) is 0 Å². The van der Waals surface area contributed by atoms with Crippen LogP contribution in [0.3, 0.4) is 0 Å². The van der Waals surface area contributed by atoms with Crippen molar-refractivity contribution in [2.24, 2.45) is 7.05 Å². The molecule has 0 aliphatic heterocycles. The fraction of sp³-hybridized carbons (Fsp3) is 0.400. The monoisotopic (exact) mass is 275 g/mol. The van der Waals surface area contributed by atoms with Gasteiger partial charge in [0.15, 0.2) is 0 Å². The van der Waals surface area contributed by atoms with Gasteiger partial charge in [0.1, 0.15) is 0 Å². The van der Waals surface area contributed by atoms with E-state index >= 15 is 0 Å². The van der Waals surface area contributed by atoms with E-state index in [-0.39, 0.29) is 0 Å². The van der Waals surface area contributed by atoms with Crippen molar-refractivity contribution in [3.05, 3.63) is 46.2 Å². The first-order valence-electron chi connectivity index (χ1n) is 6.74. The molecule has 0 bridgehead atoms. The van der Waals surface area contributed by atoms with E-state index < -0.39 is 0 Å². The molecule has 1 aliphatic carbocycles. The number of aromatic nitrogens is 2. The van der Waals surface area contributed by atoms with E-state index in [1.807, 2.05) is 17.8 Å². The number of hydrogen-bond donors (Lipinski definition) is 1. The van der Waals surface area contributed by atoms with Crippen molar-refractivity contribution in [1.29, 1.82) is 0 Å². The number of hydrogen-bond acceptors (Lipinski definition) is 2. The summed E-state index contributed by atoms with van der Waals surface area (Å²) in [5, 5.41) is 8.93. The third kappa shape index (κ3) is 2.35. The second kappa shape index (κ2) is 4.89. The molecule has 3 nitrogen and oxygen atoms in total. The first-order valence-corrected chi connectivity index (χ1v) is 7.12. The third-order valence-corrected chi connectivity index (χ3v) is 3.99. The summed E-state index contributed by atoms with van der Waals surface area (Å²) in [5.74, 6) is 0. The zero-order valence-corrected chi connectivity index (χ0v) is 12.0. The van der Waals surface area contributed by atoms with Crippen LogP contribution in [0.4, 0.5) is 5.69 Å². The topological polar surface area (TPSA) is 29.9 Å². The third-order valence-electron chi connectivity index (χ3n) is 3.75. The number of anilines is 1. The molecule has 0 radical (unpaired) electrons. The van der Waals surface area contributed by atoms with E-state index in [1.165, 1.54) is 11.1 Å². The molecule has 1 N–H and O–H groups in total. The maximum Gasteiger partial charge on any atom is 0.0853 e. The zero-order valence-electron chi connectivity index (χ0n) is 11.3. The van der Waals surface area contributed by atoms with E-state index in [0.717, 1.165) is 35.7 Å². The molecule has 4 heteroatoms. The molecule has 1 atom stereocenters. The van der Waals surface area contributed by atoms with Crippen LogP contribution in [0, 0.1) is 0 Å². The minimum absolute atomic E-state index is 0.377.